The molecule has 252 valence electrons. The largest absolute Gasteiger partial charge is 0.480 e. The Morgan fingerprint density at radius 2 is 1.62 bits per heavy atom. The number of carboxylic acid groups (broad SMARTS) is 1. The summed E-state index contributed by atoms with van der Waals surface area (Å²) >= 11 is 0. The Morgan fingerprint density at radius 1 is 0.956 bits per heavy atom. The van der Waals surface area contributed by atoms with Gasteiger partial charge in [0.05, 0.1) is 19.3 Å². The van der Waals surface area contributed by atoms with Gasteiger partial charge in [0.1, 0.15) is 6.54 Å². The fraction of sp³-hybridized carbons (Fsp3) is 0.833. The van der Waals surface area contributed by atoms with Gasteiger partial charge < -0.3 is 25.5 Å². The third-order valence-corrected chi connectivity index (χ3v) is 14.5. The van der Waals surface area contributed by atoms with E-state index in [1.165, 1.54) is 10.5 Å². The van der Waals surface area contributed by atoms with Gasteiger partial charge in [-0.2, -0.15) is 0 Å². The maximum Gasteiger partial charge on any atom is 0.322 e. The van der Waals surface area contributed by atoms with Gasteiger partial charge in [0.25, 0.3) is 0 Å². The van der Waals surface area contributed by atoms with Crippen LogP contribution in [0.25, 0.3) is 0 Å². The molecule has 0 aromatic carbocycles. The fourth-order valence-corrected chi connectivity index (χ4v) is 11.5. The molecule has 0 aromatic heterocycles. The van der Waals surface area contributed by atoms with Crippen LogP contribution in [0, 0.1) is 50.2 Å². The van der Waals surface area contributed by atoms with Crippen LogP contribution < -0.4 is 5.32 Å². The number of hydrogen-bond donors (Lipinski definition) is 4. The maximum atomic E-state index is 14.6. The molecule has 4 saturated carbocycles. The molecular weight excluding hydrogens is 572 g/mol. The first-order chi connectivity index (χ1) is 20.8. The zero-order chi connectivity index (χ0) is 33.4. The first kappa shape index (κ1) is 34.1. The Balaban J connectivity index is 1.48. The van der Waals surface area contributed by atoms with Crippen molar-refractivity contribution >= 4 is 23.6 Å². The van der Waals surface area contributed by atoms with Gasteiger partial charge in [-0.1, -0.05) is 54.0 Å². The number of allylic oxidation sites excluding steroid dienone is 2. The van der Waals surface area contributed by atoms with Crippen molar-refractivity contribution in [2.75, 3.05) is 26.2 Å². The molecule has 0 heterocycles. The summed E-state index contributed by atoms with van der Waals surface area (Å²) in [6.45, 7) is 14.5. The summed E-state index contributed by atoms with van der Waals surface area (Å²) in [6, 6.07) is 0. The molecule has 4 fully saturated rings. The van der Waals surface area contributed by atoms with Crippen molar-refractivity contribution in [1.29, 1.82) is 0 Å². The normalized spacial score (nSPS) is 43.5. The smallest absolute Gasteiger partial charge is 0.322 e. The van der Waals surface area contributed by atoms with Gasteiger partial charge in [0.2, 0.25) is 11.8 Å². The summed E-state index contributed by atoms with van der Waals surface area (Å²) in [6.07, 6.45) is 9.18. The molecule has 5 aliphatic carbocycles. The van der Waals surface area contributed by atoms with E-state index in [9.17, 15) is 29.4 Å². The van der Waals surface area contributed by atoms with E-state index in [0.717, 1.165) is 38.5 Å². The Kier molecular flexibility index (Phi) is 8.46. The van der Waals surface area contributed by atoms with Crippen LogP contribution in [0.3, 0.4) is 0 Å². The number of nitrogens with one attached hydrogen (secondary N) is 1. The molecule has 5 rings (SSSR count). The summed E-state index contributed by atoms with van der Waals surface area (Å²) in [4.78, 5) is 53.5. The number of ketones is 1. The molecule has 9 nitrogen and oxygen atoms in total. The highest BCUT2D eigenvalue weighted by atomic mass is 16.4. The lowest BCUT2D eigenvalue weighted by Gasteiger charge is -2.70. The summed E-state index contributed by atoms with van der Waals surface area (Å²) in [5, 5.41) is 32.0. The first-order valence-corrected chi connectivity index (χ1v) is 17.1. The molecule has 9 heteroatoms. The topological polar surface area (TPSA) is 144 Å². The number of amides is 2. The van der Waals surface area contributed by atoms with Crippen molar-refractivity contribution in [3.63, 3.8) is 0 Å². The number of hydrogen-bond acceptors (Lipinski definition) is 6. The van der Waals surface area contributed by atoms with E-state index in [1.807, 2.05) is 13.0 Å². The number of aliphatic hydroxyl groups is 2. The van der Waals surface area contributed by atoms with Gasteiger partial charge in [-0.25, -0.2) is 0 Å². The highest BCUT2D eigenvalue weighted by Gasteiger charge is 2.70. The third-order valence-electron chi connectivity index (χ3n) is 14.5. The van der Waals surface area contributed by atoms with Crippen molar-refractivity contribution < 1.29 is 34.5 Å². The van der Waals surface area contributed by atoms with Gasteiger partial charge in [-0.15, -0.1) is 0 Å². The van der Waals surface area contributed by atoms with E-state index in [2.05, 4.69) is 46.9 Å². The van der Waals surface area contributed by atoms with Crippen LogP contribution >= 0.6 is 0 Å². The number of rotatable bonds is 7. The Hall–Kier alpha value is -2.26. The minimum atomic E-state index is -1.17. The van der Waals surface area contributed by atoms with Crippen molar-refractivity contribution in [3.05, 3.63) is 11.6 Å². The molecule has 5 aliphatic rings. The first-order valence-electron chi connectivity index (χ1n) is 17.1. The highest BCUT2D eigenvalue weighted by Crippen LogP contribution is 2.75. The average Bonchev–Trinajstić information content (AvgIpc) is 2.95. The molecule has 0 aromatic rings. The molecule has 9 atom stereocenters. The quantitative estimate of drug-likeness (QED) is 0.328. The molecule has 0 bridgehead atoms. The van der Waals surface area contributed by atoms with Crippen LogP contribution in [0.1, 0.15) is 106 Å². The van der Waals surface area contributed by atoms with Crippen LogP contribution in [0.15, 0.2) is 11.6 Å². The number of aliphatic carboxylic acids is 1. The molecular formula is C36H56N2O7. The Morgan fingerprint density at radius 3 is 2.27 bits per heavy atom. The fourth-order valence-electron chi connectivity index (χ4n) is 11.5. The van der Waals surface area contributed by atoms with Crippen molar-refractivity contribution in [2.24, 2.45) is 50.2 Å². The molecule has 4 N–H and O–H groups in total. The van der Waals surface area contributed by atoms with E-state index >= 15 is 0 Å². The van der Waals surface area contributed by atoms with E-state index < -0.39 is 23.8 Å². The van der Waals surface area contributed by atoms with Gasteiger partial charge in [0, 0.05) is 17.9 Å². The number of carboxylic acids is 1. The molecule has 0 radical (unpaired) electrons. The number of aliphatic hydroxyl groups excluding tert-OH is 2. The molecule has 2 amide bonds. The van der Waals surface area contributed by atoms with Crippen LogP contribution in [-0.2, 0) is 19.2 Å². The SMILES string of the molecule is CC1(C)[C@@H](O)CC[C@]2(C)[C@H]3C(=O)C=C4[C@@H]5C[C@@](C)(C(=O)N(CCO)CC(=O)NCC(=O)O)CC[C@]5(C)CC[C@@]4(C)[C@]3(C)CC[C@@H]12. The predicted octanol–water partition coefficient (Wildman–Crippen LogP) is 4.35. The second kappa shape index (κ2) is 11.2. The van der Waals surface area contributed by atoms with E-state index in [0.29, 0.717) is 19.3 Å². The van der Waals surface area contributed by atoms with Gasteiger partial charge in [0.15, 0.2) is 5.78 Å². The standard InChI is InChI=1S/C36H56N2O7/c1-31(2)25-8-11-36(7)29(34(25,5)10-9-26(31)41)24(40)18-22-23-19-33(4,13-12-32(23,3)14-15-35(22,36)6)30(45)38(16-17-39)21-27(42)37-20-28(43)44/h18,23,25-26,29,39,41H,8-17,19-21H2,1-7H3,(H,37,42)(H,43,44)/t23-,25-,26-,29+,32+,33-,34-,35+,36+/m0/s1. The number of carbonyl (C=O) groups excluding carboxylic acids is 3. The summed E-state index contributed by atoms with van der Waals surface area (Å²) in [5.41, 5.74) is -0.520. The lowest BCUT2D eigenvalue weighted by Crippen LogP contribution is -2.66. The number of nitrogens with zero attached hydrogens (tertiary/aromatic N) is 1. The van der Waals surface area contributed by atoms with E-state index in [1.54, 1.807) is 0 Å². The lowest BCUT2D eigenvalue weighted by molar-refractivity contribution is -0.202. The van der Waals surface area contributed by atoms with Crippen LogP contribution in [0.2, 0.25) is 0 Å². The van der Waals surface area contributed by atoms with Gasteiger partial charge in [-0.05, 0) is 103 Å². The van der Waals surface area contributed by atoms with Crippen LogP contribution in [0.5, 0.6) is 0 Å². The average molecular weight is 629 g/mol. The Labute approximate surface area is 268 Å². The zero-order valence-electron chi connectivity index (χ0n) is 28.5. The van der Waals surface area contributed by atoms with E-state index in [-0.39, 0.29) is 82.3 Å². The monoisotopic (exact) mass is 628 g/mol. The summed E-state index contributed by atoms with van der Waals surface area (Å²) in [7, 11) is 0. The highest BCUT2D eigenvalue weighted by molar-refractivity contribution is 5.96. The Bertz CT molecular complexity index is 1290. The molecule has 0 saturated heterocycles. The minimum Gasteiger partial charge on any atom is -0.480 e. The van der Waals surface area contributed by atoms with Crippen LogP contribution in [0.4, 0.5) is 0 Å². The third kappa shape index (κ3) is 5.10. The van der Waals surface area contributed by atoms with Gasteiger partial charge in [-0.3, -0.25) is 19.2 Å². The molecule has 0 unspecified atom stereocenters. The van der Waals surface area contributed by atoms with Gasteiger partial charge >= 0.3 is 5.97 Å². The second-order valence-corrected chi connectivity index (χ2v) is 17.2. The molecule has 0 spiro atoms. The lowest BCUT2D eigenvalue weighted by atomic mass is 9.33. The minimum absolute atomic E-state index is 0.0136. The second-order valence-electron chi connectivity index (χ2n) is 17.2. The molecule has 0 aliphatic heterocycles. The zero-order valence-corrected chi connectivity index (χ0v) is 28.5. The molecule has 45 heavy (non-hydrogen) atoms. The number of carbonyl (C=O) groups is 4. The summed E-state index contributed by atoms with van der Waals surface area (Å²) < 4.78 is 0. The number of fused-ring (bicyclic) bond motifs is 7. The predicted molar refractivity (Wildman–Crippen MR) is 170 cm³/mol. The van der Waals surface area contributed by atoms with Crippen molar-refractivity contribution in [1.82, 2.24) is 10.2 Å². The summed E-state index contributed by atoms with van der Waals surface area (Å²) in [5.74, 6) is -1.55. The van der Waals surface area contributed by atoms with Crippen molar-refractivity contribution in [2.45, 2.75) is 112 Å². The maximum absolute atomic E-state index is 14.6. The van der Waals surface area contributed by atoms with E-state index in [4.69, 9.17) is 5.11 Å². The van der Waals surface area contributed by atoms with Crippen molar-refractivity contribution in [3.8, 4) is 0 Å². The van der Waals surface area contributed by atoms with Crippen LogP contribution in [-0.4, -0.2) is 76.1 Å².